The van der Waals surface area contributed by atoms with Crippen molar-refractivity contribution in [3.8, 4) is 0 Å². The number of alkyl halides is 1. The number of aliphatic hydroxyl groups excluding tert-OH is 1. The molecule has 1 N–H and O–H groups in total. The zero-order chi connectivity index (χ0) is 12.9. The molecule has 0 atom stereocenters. The van der Waals surface area contributed by atoms with Gasteiger partial charge in [-0.15, -0.1) is 0 Å². The molecule has 94 valence electrons. The molecule has 0 fully saturated rings. The summed E-state index contributed by atoms with van der Waals surface area (Å²) in [5.74, 6) is 0.179. The molecule has 0 spiro atoms. The summed E-state index contributed by atoms with van der Waals surface area (Å²) in [7, 11) is 0. The van der Waals surface area contributed by atoms with Gasteiger partial charge in [-0.2, -0.15) is 0 Å². The van der Waals surface area contributed by atoms with Gasteiger partial charge in [-0.3, -0.25) is 4.79 Å². The molecular weight excluding hydrogens is 280 g/mol. The average molecular weight is 299 g/mol. The van der Waals surface area contributed by atoms with E-state index in [2.05, 4.69) is 15.9 Å². The second-order valence-corrected chi connectivity index (χ2v) is 5.63. The molecule has 0 aliphatic rings. The van der Waals surface area contributed by atoms with Gasteiger partial charge >= 0.3 is 0 Å². The number of carbonyl (C=O) groups is 1. The minimum absolute atomic E-state index is 0.101. The Morgan fingerprint density at radius 3 is 2.35 bits per heavy atom. The molecule has 1 rings (SSSR count). The first-order valence-corrected chi connectivity index (χ1v) is 6.94. The fourth-order valence-electron chi connectivity index (χ4n) is 1.57. The summed E-state index contributed by atoms with van der Waals surface area (Å²) in [4.78, 5) is 11.8. The minimum Gasteiger partial charge on any atom is -0.395 e. The number of aliphatic hydroxyl groups is 1. The second-order valence-electron chi connectivity index (χ2n) is 4.84. The number of benzene rings is 1. The molecule has 2 nitrogen and oxygen atoms in total. The molecule has 17 heavy (non-hydrogen) atoms. The van der Waals surface area contributed by atoms with Gasteiger partial charge in [0.1, 0.15) is 0 Å². The van der Waals surface area contributed by atoms with E-state index in [4.69, 9.17) is 0 Å². The van der Waals surface area contributed by atoms with Crippen molar-refractivity contribution in [2.24, 2.45) is 0 Å². The van der Waals surface area contributed by atoms with Crippen LogP contribution in [0.25, 0.3) is 0 Å². The molecule has 0 amide bonds. The van der Waals surface area contributed by atoms with Crippen molar-refractivity contribution in [1.82, 2.24) is 0 Å². The number of halogens is 1. The van der Waals surface area contributed by atoms with E-state index in [1.165, 1.54) is 0 Å². The number of ketones is 1. The topological polar surface area (TPSA) is 37.3 Å². The molecule has 0 aliphatic carbocycles. The molecule has 0 unspecified atom stereocenters. The quantitative estimate of drug-likeness (QED) is 0.646. The lowest BCUT2D eigenvalue weighted by molar-refractivity contribution is 0.0982. The summed E-state index contributed by atoms with van der Waals surface area (Å²) in [6.07, 6.45) is 1.44. The van der Waals surface area contributed by atoms with Gasteiger partial charge in [0.05, 0.1) is 6.61 Å². The van der Waals surface area contributed by atoms with E-state index in [-0.39, 0.29) is 17.8 Å². The molecule has 0 heterocycles. The van der Waals surface area contributed by atoms with E-state index < -0.39 is 0 Å². The zero-order valence-electron chi connectivity index (χ0n) is 10.4. The van der Waals surface area contributed by atoms with Crippen LogP contribution in [0.4, 0.5) is 0 Å². The van der Waals surface area contributed by atoms with Crippen LogP contribution in [0.5, 0.6) is 0 Å². The molecule has 0 saturated carbocycles. The molecule has 0 aliphatic heterocycles. The van der Waals surface area contributed by atoms with Crippen LogP contribution in [0.2, 0.25) is 0 Å². The highest BCUT2D eigenvalue weighted by molar-refractivity contribution is 9.09. The monoisotopic (exact) mass is 298 g/mol. The molecule has 3 heteroatoms. The van der Waals surface area contributed by atoms with Gasteiger partial charge in [0, 0.05) is 22.7 Å². The van der Waals surface area contributed by atoms with E-state index in [0.29, 0.717) is 6.42 Å². The van der Waals surface area contributed by atoms with Gasteiger partial charge in [0.25, 0.3) is 0 Å². The predicted molar refractivity (Wildman–Crippen MR) is 73.9 cm³/mol. The van der Waals surface area contributed by atoms with E-state index in [1.807, 2.05) is 38.1 Å². The maximum Gasteiger partial charge on any atom is 0.162 e. The van der Waals surface area contributed by atoms with Crippen LogP contribution in [0.15, 0.2) is 24.3 Å². The summed E-state index contributed by atoms with van der Waals surface area (Å²) >= 11 is 3.32. The standard InChI is InChI=1S/C14H19BrO2/c1-14(2,10-16)12-7-5-11(6-8-12)13(17)4-3-9-15/h5-8,16H,3-4,9-10H2,1-2H3. The Bertz CT molecular complexity index is 368. The van der Waals surface area contributed by atoms with Crippen molar-refractivity contribution in [3.63, 3.8) is 0 Å². The highest BCUT2D eigenvalue weighted by Gasteiger charge is 2.19. The van der Waals surface area contributed by atoms with Gasteiger partial charge in [0.15, 0.2) is 5.78 Å². The van der Waals surface area contributed by atoms with E-state index in [0.717, 1.165) is 22.9 Å². The van der Waals surface area contributed by atoms with Gasteiger partial charge in [-0.05, 0) is 12.0 Å². The molecule has 0 aromatic heterocycles. The third-order valence-electron chi connectivity index (χ3n) is 2.92. The lowest BCUT2D eigenvalue weighted by Crippen LogP contribution is -2.21. The van der Waals surface area contributed by atoms with Crippen LogP contribution in [0.3, 0.4) is 0 Å². The number of hydrogen-bond donors (Lipinski definition) is 1. The summed E-state index contributed by atoms with van der Waals surface area (Å²) in [6, 6.07) is 7.56. The van der Waals surface area contributed by atoms with Crippen molar-refractivity contribution >= 4 is 21.7 Å². The maximum absolute atomic E-state index is 11.8. The smallest absolute Gasteiger partial charge is 0.162 e. The van der Waals surface area contributed by atoms with Crippen molar-refractivity contribution in [2.75, 3.05) is 11.9 Å². The van der Waals surface area contributed by atoms with Crippen molar-refractivity contribution < 1.29 is 9.90 Å². The van der Waals surface area contributed by atoms with Crippen LogP contribution < -0.4 is 0 Å². The van der Waals surface area contributed by atoms with Crippen LogP contribution in [0.1, 0.15) is 42.6 Å². The molecule has 1 aromatic carbocycles. The average Bonchev–Trinajstić information content (AvgIpc) is 2.36. The van der Waals surface area contributed by atoms with Gasteiger partial charge < -0.3 is 5.11 Å². The molecule has 0 saturated heterocycles. The van der Waals surface area contributed by atoms with Crippen LogP contribution in [0, 0.1) is 0 Å². The first-order valence-electron chi connectivity index (χ1n) is 5.82. The van der Waals surface area contributed by atoms with E-state index >= 15 is 0 Å². The van der Waals surface area contributed by atoms with Crippen LogP contribution >= 0.6 is 15.9 Å². The largest absolute Gasteiger partial charge is 0.395 e. The number of Topliss-reactive ketones (excluding diaryl/α,β-unsaturated/α-hetero) is 1. The predicted octanol–water partition coefficient (Wildman–Crippen LogP) is 3.31. The SMILES string of the molecule is CC(C)(CO)c1ccc(C(=O)CCCBr)cc1. The maximum atomic E-state index is 11.8. The van der Waals surface area contributed by atoms with Crippen LogP contribution in [-0.4, -0.2) is 22.8 Å². The highest BCUT2D eigenvalue weighted by atomic mass is 79.9. The van der Waals surface area contributed by atoms with Gasteiger partial charge in [-0.25, -0.2) is 0 Å². The Morgan fingerprint density at radius 2 is 1.88 bits per heavy atom. The third-order valence-corrected chi connectivity index (χ3v) is 3.48. The summed E-state index contributed by atoms with van der Waals surface area (Å²) in [6.45, 7) is 4.06. The Kier molecular flexibility index (Phi) is 5.34. The first kappa shape index (κ1) is 14.4. The Balaban J connectivity index is 2.78. The number of rotatable bonds is 6. The minimum atomic E-state index is -0.253. The van der Waals surface area contributed by atoms with Gasteiger partial charge in [0.2, 0.25) is 0 Å². The first-order chi connectivity index (χ1) is 8.01. The van der Waals surface area contributed by atoms with Crippen molar-refractivity contribution in [3.05, 3.63) is 35.4 Å². The Morgan fingerprint density at radius 1 is 1.29 bits per heavy atom. The lowest BCUT2D eigenvalue weighted by atomic mass is 9.85. The molecule has 1 aromatic rings. The normalized spacial score (nSPS) is 11.5. The summed E-state index contributed by atoms with van der Waals surface area (Å²) < 4.78 is 0. The summed E-state index contributed by atoms with van der Waals surface area (Å²) in [5.41, 5.74) is 1.55. The van der Waals surface area contributed by atoms with Gasteiger partial charge in [-0.1, -0.05) is 54.0 Å². The molecule has 0 bridgehead atoms. The Labute approximate surface area is 111 Å². The number of carbonyl (C=O) groups excluding carboxylic acids is 1. The van der Waals surface area contributed by atoms with E-state index in [9.17, 15) is 9.90 Å². The fraction of sp³-hybridized carbons (Fsp3) is 0.500. The highest BCUT2D eigenvalue weighted by Crippen LogP contribution is 2.22. The van der Waals surface area contributed by atoms with Crippen molar-refractivity contribution in [1.29, 1.82) is 0 Å². The Hall–Kier alpha value is -0.670. The second kappa shape index (κ2) is 6.31. The lowest BCUT2D eigenvalue weighted by Gasteiger charge is -2.22. The summed E-state index contributed by atoms with van der Waals surface area (Å²) in [5, 5.41) is 10.1. The zero-order valence-corrected chi connectivity index (χ0v) is 12.0. The van der Waals surface area contributed by atoms with Crippen LogP contribution in [-0.2, 0) is 5.41 Å². The van der Waals surface area contributed by atoms with Crippen molar-refractivity contribution in [2.45, 2.75) is 32.1 Å². The molecule has 0 radical (unpaired) electrons. The third kappa shape index (κ3) is 3.93. The molecular formula is C14H19BrO2. The number of hydrogen-bond acceptors (Lipinski definition) is 2. The fourth-order valence-corrected chi connectivity index (χ4v) is 1.85. The van der Waals surface area contributed by atoms with E-state index in [1.54, 1.807) is 0 Å².